The molecule has 3 rings (SSSR count). The molecule has 1 unspecified atom stereocenters. The van der Waals surface area contributed by atoms with E-state index in [2.05, 4.69) is 20.3 Å². The zero-order valence-electron chi connectivity index (χ0n) is 15.4. The van der Waals surface area contributed by atoms with Crippen LogP contribution in [0.5, 0.6) is 5.75 Å². The second kappa shape index (κ2) is 9.34. The number of para-hydroxylation sites is 1. The minimum atomic E-state index is -1.66. The Morgan fingerprint density at radius 3 is 2.59 bits per heavy atom. The third kappa shape index (κ3) is 5.42. The maximum absolute atomic E-state index is 12.6. The summed E-state index contributed by atoms with van der Waals surface area (Å²) in [6, 6.07) is 7.84. The van der Waals surface area contributed by atoms with Crippen LogP contribution in [-0.2, 0) is 15.5 Å². The maximum atomic E-state index is 12.6. The molecule has 1 aromatic carbocycles. The summed E-state index contributed by atoms with van der Waals surface area (Å²) in [4.78, 5) is 36.4. The van der Waals surface area contributed by atoms with E-state index < -0.39 is 22.9 Å². The molecule has 9 nitrogen and oxygen atoms in total. The van der Waals surface area contributed by atoms with Crippen molar-refractivity contribution in [1.82, 2.24) is 15.0 Å². The van der Waals surface area contributed by atoms with Gasteiger partial charge in [0.15, 0.2) is 5.13 Å². The first kappa shape index (κ1) is 20.6. The van der Waals surface area contributed by atoms with Gasteiger partial charge in [0.1, 0.15) is 21.6 Å². The summed E-state index contributed by atoms with van der Waals surface area (Å²) in [7, 11) is -1.66. The second-order valence-corrected chi connectivity index (χ2v) is 7.94. The van der Waals surface area contributed by atoms with Crippen LogP contribution in [0.25, 0.3) is 0 Å². The Bertz CT molecular complexity index is 1040. The number of amides is 1. The lowest BCUT2D eigenvalue weighted by atomic mass is 10.2. The number of aromatic nitrogens is 3. The number of carbonyl (C=O) groups is 2. The average Bonchev–Trinajstić information content (AvgIpc) is 3.16. The molecule has 150 valence electrons. The molecule has 11 heteroatoms. The van der Waals surface area contributed by atoms with Crippen molar-refractivity contribution in [3.05, 3.63) is 53.7 Å². The van der Waals surface area contributed by atoms with Crippen LogP contribution in [0, 0.1) is 0 Å². The molecule has 3 aromatic rings. The molecule has 1 N–H and O–H groups in total. The van der Waals surface area contributed by atoms with E-state index in [0.29, 0.717) is 0 Å². The Hall–Kier alpha value is -3.18. The highest BCUT2D eigenvalue weighted by Crippen LogP contribution is 2.24. The van der Waals surface area contributed by atoms with Gasteiger partial charge in [-0.25, -0.2) is 24.0 Å². The van der Waals surface area contributed by atoms with Crippen molar-refractivity contribution in [2.24, 2.45) is 0 Å². The summed E-state index contributed by atoms with van der Waals surface area (Å²) in [5.41, 5.74) is 0.123. The molecule has 0 bridgehead atoms. The van der Waals surface area contributed by atoms with Gasteiger partial charge in [0, 0.05) is 17.8 Å². The fourth-order valence-electron chi connectivity index (χ4n) is 2.09. The Labute approximate surface area is 172 Å². The van der Waals surface area contributed by atoms with E-state index in [1.165, 1.54) is 24.5 Å². The molecule has 0 saturated carbocycles. The van der Waals surface area contributed by atoms with Crippen LogP contribution in [0.4, 0.5) is 9.93 Å². The number of hydrogen-bond acceptors (Lipinski definition) is 9. The molecule has 0 aliphatic rings. The van der Waals surface area contributed by atoms with Crippen molar-refractivity contribution < 1.29 is 23.3 Å². The zero-order chi connectivity index (χ0) is 20.8. The van der Waals surface area contributed by atoms with Gasteiger partial charge in [-0.3, -0.25) is 10.1 Å². The first-order chi connectivity index (χ1) is 13.9. The lowest BCUT2D eigenvalue weighted by Gasteiger charge is -2.11. The normalized spacial score (nSPS) is 11.7. The van der Waals surface area contributed by atoms with Gasteiger partial charge in [-0.2, -0.15) is 0 Å². The number of nitrogens with zero attached hydrogens (tertiary/aromatic N) is 3. The van der Waals surface area contributed by atoms with Crippen LogP contribution >= 0.6 is 11.3 Å². The first-order valence-electron chi connectivity index (χ1n) is 8.37. The fraction of sp³-hybridized carbons (Fsp3) is 0.167. The Morgan fingerprint density at radius 2 is 1.86 bits per heavy atom. The van der Waals surface area contributed by atoms with Crippen molar-refractivity contribution >= 4 is 39.3 Å². The van der Waals surface area contributed by atoms with E-state index >= 15 is 0 Å². The molecule has 0 aliphatic heterocycles. The molecule has 29 heavy (non-hydrogen) atoms. The molecular formula is C18H16N4O5S2. The van der Waals surface area contributed by atoms with Crippen molar-refractivity contribution in [3.8, 4) is 5.75 Å². The molecule has 2 heterocycles. The summed E-state index contributed by atoms with van der Waals surface area (Å²) >= 11 is 1.10. The molecule has 0 saturated heterocycles. The lowest BCUT2D eigenvalue weighted by molar-refractivity contribution is 0.0725. The molecule has 2 aromatic heterocycles. The van der Waals surface area contributed by atoms with Gasteiger partial charge in [0.25, 0.3) is 5.91 Å². The van der Waals surface area contributed by atoms with Gasteiger partial charge in [-0.1, -0.05) is 12.1 Å². The summed E-state index contributed by atoms with van der Waals surface area (Å²) < 4.78 is 22.5. The number of nitrogens with one attached hydrogen (secondary N) is 1. The number of hydrogen-bond donors (Lipinski definition) is 1. The third-order valence-corrected chi connectivity index (χ3v) is 5.30. The molecule has 0 aliphatic carbocycles. The molecule has 1 atom stereocenters. The smallest absolute Gasteiger partial charge is 0.431 e. The van der Waals surface area contributed by atoms with E-state index in [1.54, 1.807) is 37.4 Å². The van der Waals surface area contributed by atoms with Crippen LogP contribution in [0.3, 0.4) is 0 Å². The number of thiazole rings is 1. The standard InChI is InChI=1S/C18H16N4O5S2/c1-11(2)26-18(24)27-13-7-4-3-6-12(13)15(23)22-16-21-14(10-28-16)29(25)17-19-8-5-9-20-17/h3-11H,1-2H3,(H,21,22,23). The first-order valence-corrected chi connectivity index (χ1v) is 10.4. The number of carbonyl (C=O) groups excluding carboxylic acids is 2. The number of benzene rings is 1. The van der Waals surface area contributed by atoms with Crippen molar-refractivity contribution in [2.45, 2.75) is 30.1 Å². The van der Waals surface area contributed by atoms with Gasteiger partial charge in [0.05, 0.1) is 11.7 Å². The number of rotatable bonds is 6. The highest BCUT2D eigenvalue weighted by atomic mass is 32.2. The van der Waals surface area contributed by atoms with Crippen LogP contribution in [0.1, 0.15) is 24.2 Å². The zero-order valence-corrected chi connectivity index (χ0v) is 17.0. The van der Waals surface area contributed by atoms with E-state index in [1.807, 2.05) is 0 Å². The van der Waals surface area contributed by atoms with Crippen LogP contribution in [-0.4, -0.2) is 37.3 Å². The predicted molar refractivity (Wildman–Crippen MR) is 105 cm³/mol. The molecule has 0 radical (unpaired) electrons. The van der Waals surface area contributed by atoms with Gasteiger partial charge >= 0.3 is 6.16 Å². The lowest BCUT2D eigenvalue weighted by Crippen LogP contribution is -2.19. The van der Waals surface area contributed by atoms with Crippen LogP contribution in [0.15, 0.2) is 58.3 Å². The topological polar surface area (TPSA) is 120 Å². The highest BCUT2D eigenvalue weighted by Gasteiger charge is 2.19. The largest absolute Gasteiger partial charge is 0.514 e. The fourth-order valence-corrected chi connectivity index (χ4v) is 3.88. The molecule has 0 fully saturated rings. The molecular weight excluding hydrogens is 416 g/mol. The summed E-state index contributed by atoms with van der Waals surface area (Å²) in [6.07, 6.45) is 1.70. The van der Waals surface area contributed by atoms with Crippen LogP contribution in [0.2, 0.25) is 0 Å². The van der Waals surface area contributed by atoms with E-state index in [4.69, 9.17) is 9.47 Å². The number of ether oxygens (including phenoxy) is 2. The monoisotopic (exact) mass is 432 g/mol. The van der Waals surface area contributed by atoms with Crippen LogP contribution < -0.4 is 10.1 Å². The molecule has 1 amide bonds. The quantitative estimate of drug-likeness (QED) is 0.358. The SMILES string of the molecule is CC(C)OC(=O)Oc1ccccc1C(=O)Nc1nc(S(=O)c2ncccn2)cs1. The van der Waals surface area contributed by atoms with E-state index in [9.17, 15) is 13.8 Å². The predicted octanol–water partition coefficient (Wildman–Crippen LogP) is 3.28. The summed E-state index contributed by atoms with van der Waals surface area (Å²) in [5.74, 6) is -0.491. The minimum Gasteiger partial charge on any atom is -0.431 e. The Morgan fingerprint density at radius 1 is 1.14 bits per heavy atom. The Kier molecular flexibility index (Phi) is 6.62. The third-order valence-electron chi connectivity index (χ3n) is 3.26. The highest BCUT2D eigenvalue weighted by molar-refractivity contribution is 7.85. The van der Waals surface area contributed by atoms with Gasteiger partial charge in [-0.05, 0) is 32.0 Å². The van der Waals surface area contributed by atoms with Crippen molar-refractivity contribution in [2.75, 3.05) is 5.32 Å². The van der Waals surface area contributed by atoms with E-state index in [-0.39, 0.29) is 32.7 Å². The summed E-state index contributed by atoms with van der Waals surface area (Å²) in [5, 5.41) is 4.72. The van der Waals surface area contributed by atoms with Gasteiger partial charge in [0.2, 0.25) is 5.16 Å². The van der Waals surface area contributed by atoms with Gasteiger partial charge in [-0.15, -0.1) is 11.3 Å². The average molecular weight is 432 g/mol. The Balaban J connectivity index is 1.72. The number of anilines is 1. The van der Waals surface area contributed by atoms with E-state index in [0.717, 1.165) is 11.3 Å². The maximum Gasteiger partial charge on any atom is 0.514 e. The van der Waals surface area contributed by atoms with Crippen molar-refractivity contribution in [1.29, 1.82) is 0 Å². The van der Waals surface area contributed by atoms with Gasteiger partial charge < -0.3 is 9.47 Å². The molecule has 0 spiro atoms. The summed E-state index contributed by atoms with van der Waals surface area (Å²) in [6.45, 7) is 3.37. The minimum absolute atomic E-state index is 0.0497. The van der Waals surface area contributed by atoms with Crippen molar-refractivity contribution in [3.63, 3.8) is 0 Å². The second-order valence-electron chi connectivity index (χ2n) is 5.76.